The van der Waals surface area contributed by atoms with Gasteiger partial charge in [-0.25, -0.2) is 0 Å². The number of hydrogen-bond acceptors (Lipinski definition) is 2. The Labute approximate surface area is 205 Å². The number of hydrogen-bond donors (Lipinski definition) is 0. The van der Waals surface area contributed by atoms with Gasteiger partial charge in [-0.2, -0.15) is 0 Å². The quantitative estimate of drug-likeness (QED) is 0.190. The zero-order chi connectivity index (χ0) is 23.5. The van der Waals surface area contributed by atoms with E-state index < -0.39 is 18.4 Å². The number of imidazole rings is 1. The van der Waals surface area contributed by atoms with E-state index in [4.69, 9.17) is 9.72 Å². The predicted molar refractivity (Wildman–Crippen MR) is 145 cm³/mol. The van der Waals surface area contributed by atoms with Crippen LogP contribution in [0.5, 0.6) is 0 Å². The second-order valence-corrected chi connectivity index (χ2v) is 22.2. The summed E-state index contributed by atoms with van der Waals surface area (Å²) in [4.78, 5) is 5.39. The fourth-order valence-electron chi connectivity index (χ4n) is 5.13. The minimum atomic E-state index is -2.83. The third-order valence-electron chi connectivity index (χ3n) is 6.83. The van der Waals surface area contributed by atoms with Gasteiger partial charge in [0.1, 0.15) is 0 Å². The minimum absolute atomic E-state index is 0.572. The average molecular weight is 553 g/mol. The summed E-state index contributed by atoms with van der Waals surface area (Å²) < 4.78 is 14.1. The summed E-state index contributed by atoms with van der Waals surface area (Å²) in [5.74, 6) is 1.07. The van der Waals surface area contributed by atoms with Crippen LogP contribution in [0, 0.1) is 0 Å². The summed E-state index contributed by atoms with van der Waals surface area (Å²) in [5.41, 5.74) is 3.66. The fraction of sp³-hybridized carbons (Fsp3) is 0.483. The van der Waals surface area contributed by atoms with E-state index in [1.165, 1.54) is 68.7 Å². The number of aromatic nitrogens is 2. The molecule has 0 atom stereocenters. The zero-order valence-corrected chi connectivity index (χ0v) is 24.0. The first-order valence-electron chi connectivity index (χ1n) is 12.9. The van der Waals surface area contributed by atoms with Crippen molar-refractivity contribution in [2.75, 3.05) is 7.11 Å². The molecule has 33 heavy (non-hydrogen) atoms. The van der Waals surface area contributed by atoms with E-state index in [1.807, 2.05) is 7.11 Å². The summed E-state index contributed by atoms with van der Waals surface area (Å²) in [6, 6.07) is 21.6. The maximum absolute atomic E-state index is 5.85. The van der Waals surface area contributed by atoms with Crippen molar-refractivity contribution in [2.45, 2.75) is 79.3 Å². The van der Waals surface area contributed by atoms with Crippen molar-refractivity contribution in [2.24, 2.45) is 0 Å². The van der Waals surface area contributed by atoms with Crippen molar-refractivity contribution in [1.82, 2.24) is 9.55 Å². The molecule has 0 saturated heterocycles. The molecule has 1 heterocycles. The fourth-order valence-corrected chi connectivity index (χ4v) is 22.2. The number of rotatable bonds is 14. The first kappa shape index (κ1) is 26.0. The van der Waals surface area contributed by atoms with Gasteiger partial charge >= 0.3 is 206 Å². The van der Waals surface area contributed by atoms with Gasteiger partial charge in [-0.1, -0.05) is 0 Å². The Hall–Kier alpha value is -1.59. The van der Waals surface area contributed by atoms with Gasteiger partial charge < -0.3 is 0 Å². The molecule has 0 saturated carbocycles. The molecule has 178 valence electrons. The van der Waals surface area contributed by atoms with E-state index in [1.54, 1.807) is 3.71 Å². The van der Waals surface area contributed by atoms with Crippen LogP contribution in [0.15, 0.2) is 60.7 Å². The summed E-state index contributed by atoms with van der Waals surface area (Å²) >= 11 is -2.83. The Morgan fingerprint density at radius 3 is 1.67 bits per heavy atom. The molecule has 0 bridgehead atoms. The van der Waals surface area contributed by atoms with Gasteiger partial charge in [0.05, 0.1) is 0 Å². The molecule has 0 fully saturated rings. The second kappa shape index (κ2) is 13.3. The number of nitrogens with zero attached hydrogens (tertiary/aromatic N) is 2. The Bertz CT molecular complexity index is 931. The first-order valence-corrected chi connectivity index (χ1v) is 20.4. The van der Waals surface area contributed by atoms with Crippen molar-refractivity contribution >= 4 is 22.1 Å². The Morgan fingerprint density at radius 2 is 1.21 bits per heavy atom. The summed E-state index contributed by atoms with van der Waals surface area (Å²) in [6.07, 6.45) is 7.79. The second-order valence-electron chi connectivity index (χ2n) is 9.30. The molecule has 4 heteroatoms. The zero-order valence-electron chi connectivity index (χ0n) is 21.1. The van der Waals surface area contributed by atoms with Crippen LogP contribution in [0.3, 0.4) is 0 Å². The number of ether oxygens (including phenoxy) is 1. The van der Waals surface area contributed by atoms with E-state index >= 15 is 0 Å². The molecule has 0 aliphatic carbocycles. The van der Waals surface area contributed by atoms with Crippen molar-refractivity contribution < 1.29 is 4.74 Å². The monoisotopic (exact) mass is 554 g/mol. The van der Waals surface area contributed by atoms with Gasteiger partial charge in [0.15, 0.2) is 0 Å². The SMILES string of the molecule is CCC[CH2][Sn]([CH2]CCC)([CH2]CCC)[c]1c(-c2ccccc2)nc(-c2ccccc2)n1COC. The molecule has 0 aliphatic rings. The van der Waals surface area contributed by atoms with Crippen LogP contribution < -0.4 is 3.71 Å². The molecule has 3 nitrogen and oxygen atoms in total. The molecule has 0 N–H and O–H groups in total. The molecular formula is C29H42N2OSn. The van der Waals surface area contributed by atoms with E-state index in [9.17, 15) is 0 Å². The molecular weight excluding hydrogens is 511 g/mol. The summed E-state index contributed by atoms with van der Waals surface area (Å²) in [7, 11) is 1.82. The third-order valence-corrected chi connectivity index (χ3v) is 22.4. The van der Waals surface area contributed by atoms with Crippen molar-refractivity contribution in [3.05, 3.63) is 60.7 Å². The molecule has 1 aromatic heterocycles. The van der Waals surface area contributed by atoms with Crippen molar-refractivity contribution in [1.29, 1.82) is 0 Å². The summed E-state index contributed by atoms with van der Waals surface area (Å²) in [5, 5.41) is 0. The standard InChI is InChI=1S/C17H15N2O.3C4H9.Sn/c1-20-13-19-12-16(14-8-4-2-5-9-14)18-17(19)15-10-6-3-7-11-15;3*1-3-4-2;/h2-11H,13H2,1H3;3*1,3-4H2,2H3;. The molecule has 3 aromatic rings. The van der Waals surface area contributed by atoms with Crippen molar-refractivity contribution in [3.8, 4) is 22.6 Å². The number of unbranched alkanes of at least 4 members (excludes halogenated alkanes) is 3. The Balaban J connectivity index is 2.33. The molecule has 2 aromatic carbocycles. The van der Waals surface area contributed by atoms with Crippen LogP contribution in [0.2, 0.25) is 13.3 Å². The van der Waals surface area contributed by atoms with Crippen LogP contribution in [-0.4, -0.2) is 35.0 Å². The summed E-state index contributed by atoms with van der Waals surface area (Å²) in [6.45, 7) is 7.60. The van der Waals surface area contributed by atoms with Gasteiger partial charge in [-0.3, -0.25) is 0 Å². The predicted octanol–water partition coefficient (Wildman–Crippen LogP) is 7.88. The maximum atomic E-state index is 5.85. The molecule has 0 radical (unpaired) electrons. The Morgan fingerprint density at radius 1 is 0.727 bits per heavy atom. The van der Waals surface area contributed by atoms with Crippen molar-refractivity contribution in [3.63, 3.8) is 0 Å². The van der Waals surface area contributed by atoms with Crippen LogP contribution in [0.1, 0.15) is 59.3 Å². The normalized spacial score (nSPS) is 11.8. The van der Waals surface area contributed by atoms with Crippen LogP contribution in [0.25, 0.3) is 22.6 Å². The van der Waals surface area contributed by atoms with E-state index in [-0.39, 0.29) is 0 Å². The van der Waals surface area contributed by atoms with Crippen LogP contribution in [-0.2, 0) is 11.5 Å². The first-order chi connectivity index (χ1) is 16.2. The van der Waals surface area contributed by atoms with E-state index in [0.717, 1.165) is 5.82 Å². The van der Waals surface area contributed by atoms with E-state index in [2.05, 4.69) is 86.0 Å². The van der Waals surface area contributed by atoms with E-state index in [0.29, 0.717) is 6.73 Å². The molecule has 3 rings (SSSR count). The van der Waals surface area contributed by atoms with Gasteiger partial charge in [-0.05, 0) is 0 Å². The van der Waals surface area contributed by atoms with Gasteiger partial charge in [0, 0.05) is 0 Å². The van der Waals surface area contributed by atoms with Gasteiger partial charge in [-0.15, -0.1) is 0 Å². The molecule has 0 unspecified atom stereocenters. The van der Waals surface area contributed by atoms with Crippen LogP contribution >= 0.6 is 0 Å². The molecule has 0 amide bonds. The third kappa shape index (κ3) is 6.30. The topological polar surface area (TPSA) is 27.1 Å². The average Bonchev–Trinajstić information content (AvgIpc) is 3.25. The molecule has 0 aliphatic heterocycles. The van der Waals surface area contributed by atoms with Gasteiger partial charge in [0.25, 0.3) is 0 Å². The number of benzene rings is 2. The Kier molecular flexibility index (Phi) is 10.5. The van der Waals surface area contributed by atoms with Gasteiger partial charge in [0.2, 0.25) is 0 Å². The number of methoxy groups -OCH3 is 1. The van der Waals surface area contributed by atoms with Crippen LogP contribution in [0.4, 0.5) is 0 Å². The molecule has 0 spiro atoms.